The van der Waals surface area contributed by atoms with Gasteiger partial charge in [0.25, 0.3) is 11.6 Å². The van der Waals surface area contributed by atoms with E-state index in [-0.39, 0.29) is 22.6 Å². The number of anilines is 1. The van der Waals surface area contributed by atoms with Gasteiger partial charge in [-0.25, -0.2) is 0 Å². The van der Waals surface area contributed by atoms with E-state index in [1.54, 1.807) is 25.2 Å². The highest BCUT2D eigenvalue weighted by Crippen LogP contribution is 2.31. The van der Waals surface area contributed by atoms with Crippen LogP contribution in [0, 0.1) is 10.1 Å². The number of hydrogen-bond donors (Lipinski definition) is 0. The highest BCUT2D eigenvalue weighted by Gasteiger charge is 2.23. The Labute approximate surface area is 123 Å². The summed E-state index contributed by atoms with van der Waals surface area (Å²) in [5, 5.41) is 24.3. The van der Waals surface area contributed by atoms with Crippen LogP contribution in [0.25, 0.3) is 0 Å². The highest BCUT2D eigenvalue weighted by molar-refractivity contribution is 6.29. The van der Waals surface area contributed by atoms with Crippen LogP contribution in [0.4, 0.5) is 11.4 Å². The minimum atomic E-state index is -0.482. The third kappa shape index (κ3) is 2.48. The number of hydrazone groups is 1. The molecule has 106 valence electrons. The molecule has 21 heavy (non-hydrogen) atoms. The molecule has 2 aromatic rings. The molecule has 1 aromatic heterocycles. The third-order valence-corrected chi connectivity index (χ3v) is 2.98. The summed E-state index contributed by atoms with van der Waals surface area (Å²) in [7, 11) is 1.69. The molecule has 8 nitrogen and oxygen atoms in total. The predicted octanol–water partition coefficient (Wildman–Crippen LogP) is 2.23. The molecule has 0 N–H and O–H groups in total. The first-order valence-electron chi connectivity index (χ1n) is 5.83. The molecule has 9 heteroatoms. The van der Waals surface area contributed by atoms with E-state index in [1.165, 1.54) is 17.1 Å². The van der Waals surface area contributed by atoms with Crippen molar-refractivity contribution >= 4 is 28.9 Å². The Kier molecular flexibility index (Phi) is 3.15. The second kappa shape index (κ2) is 4.98. The Bertz CT molecular complexity index is 764. The standard InChI is InChI=1S/C12H8ClN5O3/c1-17-9-6-10(13)14-15-12(9)21-11(16-17)7-3-2-4-8(5-7)18(19)20/h2-6H,1H3. The van der Waals surface area contributed by atoms with Crippen LogP contribution in [0.2, 0.25) is 5.15 Å². The second-order valence-electron chi connectivity index (χ2n) is 4.20. The lowest BCUT2D eigenvalue weighted by Crippen LogP contribution is -2.25. The van der Waals surface area contributed by atoms with Crippen molar-refractivity contribution < 1.29 is 9.66 Å². The first-order chi connectivity index (χ1) is 10.0. The molecule has 0 unspecified atom stereocenters. The lowest BCUT2D eigenvalue weighted by atomic mass is 10.2. The van der Waals surface area contributed by atoms with Crippen LogP contribution in [-0.2, 0) is 0 Å². The first-order valence-corrected chi connectivity index (χ1v) is 6.20. The fourth-order valence-electron chi connectivity index (χ4n) is 1.82. The number of hydrogen-bond acceptors (Lipinski definition) is 7. The molecule has 0 fully saturated rings. The number of nitro groups is 1. The summed E-state index contributed by atoms with van der Waals surface area (Å²) >= 11 is 5.77. The Balaban J connectivity index is 2.00. The summed E-state index contributed by atoms with van der Waals surface area (Å²) in [6.07, 6.45) is 0. The van der Waals surface area contributed by atoms with Gasteiger partial charge >= 0.3 is 0 Å². The molecule has 0 amide bonds. The zero-order chi connectivity index (χ0) is 15.0. The van der Waals surface area contributed by atoms with Crippen molar-refractivity contribution in [3.05, 3.63) is 51.2 Å². The SMILES string of the molecule is CN1N=C(c2cccc([N+](=O)[O-])c2)Oc2nnc(Cl)cc21. The van der Waals surface area contributed by atoms with E-state index in [0.29, 0.717) is 11.3 Å². The summed E-state index contributed by atoms with van der Waals surface area (Å²) in [5.74, 6) is 0.434. The topological polar surface area (TPSA) is 93.8 Å². The van der Waals surface area contributed by atoms with Crippen LogP contribution in [-0.4, -0.2) is 28.1 Å². The number of rotatable bonds is 2. The Morgan fingerprint density at radius 1 is 1.33 bits per heavy atom. The first kappa shape index (κ1) is 13.3. The van der Waals surface area contributed by atoms with E-state index in [2.05, 4.69) is 15.3 Å². The van der Waals surface area contributed by atoms with E-state index < -0.39 is 4.92 Å². The van der Waals surface area contributed by atoms with E-state index in [9.17, 15) is 10.1 Å². The lowest BCUT2D eigenvalue weighted by molar-refractivity contribution is -0.384. The number of benzene rings is 1. The maximum atomic E-state index is 10.8. The largest absolute Gasteiger partial charge is 0.415 e. The second-order valence-corrected chi connectivity index (χ2v) is 4.58. The maximum absolute atomic E-state index is 10.8. The molecule has 2 heterocycles. The molecule has 0 saturated carbocycles. The van der Waals surface area contributed by atoms with E-state index in [0.717, 1.165) is 0 Å². The van der Waals surface area contributed by atoms with Crippen molar-refractivity contribution in [3.63, 3.8) is 0 Å². The zero-order valence-corrected chi connectivity index (χ0v) is 11.5. The molecule has 0 radical (unpaired) electrons. The number of non-ortho nitro benzene ring substituents is 1. The van der Waals surface area contributed by atoms with E-state index >= 15 is 0 Å². The predicted molar refractivity (Wildman–Crippen MR) is 75.7 cm³/mol. The molecule has 1 aromatic carbocycles. The van der Waals surface area contributed by atoms with Gasteiger partial charge in [-0.15, -0.1) is 15.3 Å². The smallest absolute Gasteiger partial charge is 0.270 e. The Hall–Kier alpha value is -2.74. The molecule has 0 saturated heterocycles. The van der Waals surface area contributed by atoms with Gasteiger partial charge in [-0.05, 0) is 6.07 Å². The minimum absolute atomic E-state index is 0.0468. The van der Waals surface area contributed by atoms with Gasteiger partial charge in [0.15, 0.2) is 5.15 Å². The normalized spacial score (nSPS) is 13.2. The van der Waals surface area contributed by atoms with Crippen molar-refractivity contribution in [3.8, 4) is 5.88 Å². The number of halogens is 1. The van der Waals surface area contributed by atoms with Crippen molar-refractivity contribution in [2.24, 2.45) is 5.10 Å². The summed E-state index contributed by atoms with van der Waals surface area (Å²) in [4.78, 5) is 10.3. The molecule has 1 aliphatic heterocycles. The van der Waals surface area contributed by atoms with Crippen LogP contribution < -0.4 is 9.75 Å². The van der Waals surface area contributed by atoms with Gasteiger partial charge in [-0.2, -0.15) is 0 Å². The lowest BCUT2D eigenvalue weighted by Gasteiger charge is -2.22. The Morgan fingerprint density at radius 3 is 2.90 bits per heavy atom. The van der Waals surface area contributed by atoms with Gasteiger partial charge in [-0.1, -0.05) is 17.7 Å². The van der Waals surface area contributed by atoms with Gasteiger partial charge < -0.3 is 4.74 Å². The molecule has 0 bridgehead atoms. The quantitative estimate of drug-likeness (QED) is 0.624. The fourth-order valence-corrected chi connectivity index (χ4v) is 1.96. The summed E-state index contributed by atoms with van der Waals surface area (Å²) < 4.78 is 5.53. The van der Waals surface area contributed by atoms with E-state index in [1.807, 2.05) is 0 Å². The molecular formula is C12H8ClN5O3. The number of ether oxygens (including phenoxy) is 1. The van der Waals surface area contributed by atoms with Crippen LogP contribution in [0.5, 0.6) is 5.88 Å². The average Bonchev–Trinajstić information content (AvgIpc) is 2.48. The van der Waals surface area contributed by atoms with Gasteiger partial charge in [0.05, 0.1) is 4.92 Å². The molecule has 3 rings (SSSR count). The van der Waals surface area contributed by atoms with Crippen LogP contribution in [0.15, 0.2) is 35.4 Å². The number of nitro benzene ring substituents is 1. The third-order valence-electron chi connectivity index (χ3n) is 2.80. The minimum Gasteiger partial charge on any atom is -0.415 e. The van der Waals surface area contributed by atoms with Crippen LogP contribution in [0.1, 0.15) is 5.56 Å². The summed E-state index contributed by atoms with van der Waals surface area (Å²) in [6, 6.07) is 7.55. The summed E-state index contributed by atoms with van der Waals surface area (Å²) in [6.45, 7) is 0. The van der Waals surface area contributed by atoms with Crippen molar-refractivity contribution in [2.45, 2.75) is 0 Å². The number of aromatic nitrogens is 2. The Morgan fingerprint density at radius 2 is 2.14 bits per heavy atom. The van der Waals surface area contributed by atoms with Crippen molar-refractivity contribution in [1.82, 2.24) is 10.2 Å². The van der Waals surface area contributed by atoms with Gasteiger partial charge in [0.1, 0.15) is 5.69 Å². The number of fused-ring (bicyclic) bond motifs is 1. The van der Waals surface area contributed by atoms with Crippen molar-refractivity contribution in [1.29, 1.82) is 0 Å². The molecule has 0 atom stereocenters. The zero-order valence-electron chi connectivity index (χ0n) is 10.7. The van der Waals surface area contributed by atoms with Crippen molar-refractivity contribution in [2.75, 3.05) is 12.1 Å². The van der Waals surface area contributed by atoms with E-state index in [4.69, 9.17) is 16.3 Å². The van der Waals surface area contributed by atoms with Gasteiger partial charge in [-0.3, -0.25) is 15.1 Å². The van der Waals surface area contributed by atoms with Crippen LogP contribution in [0.3, 0.4) is 0 Å². The van der Waals surface area contributed by atoms with Gasteiger partial charge in [0, 0.05) is 30.8 Å². The maximum Gasteiger partial charge on any atom is 0.270 e. The fraction of sp³-hybridized carbons (Fsp3) is 0.0833. The van der Waals surface area contributed by atoms with Gasteiger partial charge in [0.2, 0.25) is 5.90 Å². The molecule has 0 aliphatic carbocycles. The summed E-state index contributed by atoms with van der Waals surface area (Å²) in [5.41, 5.74) is 0.983. The average molecular weight is 306 g/mol. The van der Waals surface area contributed by atoms with Crippen LogP contribution >= 0.6 is 11.6 Å². The monoisotopic (exact) mass is 305 g/mol. The number of nitrogens with zero attached hydrogens (tertiary/aromatic N) is 5. The molecule has 1 aliphatic rings. The molecular weight excluding hydrogens is 298 g/mol. The molecule has 0 spiro atoms. The highest BCUT2D eigenvalue weighted by atomic mass is 35.5.